The molecule has 3 nitrogen and oxygen atoms in total. The summed E-state index contributed by atoms with van der Waals surface area (Å²) in [5.41, 5.74) is 2.81. The van der Waals surface area contributed by atoms with Crippen LogP contribution in [0.15, 0.2) is 24.3 Å². The molecule has 0 bridgehead atoms. The zero-order valence-electron chi connectivity index (χ0n) is 12.5. The number of hydrogen-bond acceptors (Lipinski definition) is 3. The topological polar surface area (TPSA) is 30.5 Å². The van der Waals surface area contributed by atoms with Gasteiger partial charge in [-0.15, -0.1) is 0 Å². The number of rotatable bonds is 6. The molecule has 1 fully saturated rings. The molecule has 3 unspecified atom stereocenters. The highest BCUT2D eigenvalue weighted by Gasteiger charge is 2.38. The summed E-state index contributed by atoms with van der Waals surface area (Å²) < 4.78 is 11.8. The minimum atomic E-state index is 0.203. The number of methoxy groups -OCH3 is 1. The number of fused-ring (bicyclic) bond motifs is 1. The largest absolute Gasteiger partial charge is 0.380 e. The highest BCUT2D eigenvalue weighted by molar-refractivity contribution is 5.31. The highest BCUT2D eigenvalue weighted by Crippen LogP contribution is 2.38. The first-order valence-corrected chi connectivity index (χ1v) is 7.73. The lowest BCUT2D eigenvalue weighted by Gasteiger charge is -2.32. The van der Waals surface area contributed by atoms with Crippen molar-refractivity contribution in [1.82, 2.24) is 5.32 Å². The molecule has 0 amide bonds. The van der Waals surface area contributed by atoms with E-state index < -0.39 is 0 Å². The molecule has 1 N–H and O–H groups in total. The van der Waals surface area contributed by atoms with Gasteiger partial charge in [-0.25, -0.2) is 0 Å². The van der Waals surface area contributed by atoms with Crippen LogP contribution in [0.1, 0.15) is 36.5 Å². The molecule has 0 radical (unpaired) electrons. The van der Waals surface area contributed by atoms with Gasteiger partial charge in [0.25, 0.3) is 0 Å². The fraction of sp³-hybridized carbons (Fsp3) is 0.647. The average Bonchev–Trinajstić information content (AvgIpc) is 3.32. The Labute approximate surface area is 121 Å². The Morgan fingerprint density at radius 3 is 2.85 bits per heavy atom. The predicted octanol–water partition coefficient (Wildman–Crippen LogP) is 2.70. The molecule has 20 heavy (non-hydrogen) atoms. The van der Waals surface area contributed by atoms with Crippen LogP contribution in [-0.4, -0.2) is 32.9 Å². The van der Waals surface area contributed by atoms with E-state index in [2.05, 4.69) is 29.6 Å². The van der Waals surface area contributed by atoms with Crippen molar-refractivity contribution in [1.29, 1.82) is 0 Å². The summed E-state index contributed by atoms with van der Waals surface area (Å²) in [5, 5.41) is 3.45. The predicted molar refractivity (Wildman–Crippen MR) is 79.8 cm³/mol. The first kappa shape index (κ1) is 14.1. The number of hydrogen-bond donors (Lipinski definition) is 1. The lowest BCUT2D eigenvalue weighted by atomic mass is 9.91. The van der Waals surface area contributed by atoms with E-state index in [0.29, 0.717) is 12.1 Å². The molecule has 3 atom stereocenters. The van der Waals surface area contributed by atoms with E-state index in [0.717, 1.165) is 25.4 Å². The summed E-state index contributed by atoms with van der Waals surface area (Å²) in [5.74, 6) is 0.733. The molecular formula is C17H25NO2. The average molecular weight is 275 g/mol. The van der Waals surface area contributed by atoms with Crippen LogP contribution in [-0.2, 0) is 15.9 Å². The maximum atomic E-state index is 6.04. The minimum Gasteiger partial charge on any atom is -0.380 e. The molecule has 1 aromatic rings. The summed E-state index contributed by atoms with van der Waals surface area (Å²) in [6.07, 6.45) is 5.15. The molecular weight excluding hydrogens is 250 g/mol. The standard InChI is InChI=1S/C17H25NO2/c1-18-15(17(19-2)13-7-8-13)11-16-14-6-4-3-5-12(14)9-10-20-16/h3-6,13,15-18H,7-11H2,1-2H3. The molecule has 1 aromatic carbocycles. The highest BCUT2D eigenvalue weighted by atomic mass is 16.5. The summed E-state index contributed by atoms with van der Waals surface area (Å²) in [7, 11) is 3.87. The third-order valence-corrected chi connectivity index (χ3v) is 4.69. The molecule has 0 spiro atoms. The second-order valence-corrected chi connectivity index (χ2v) is 5.98. The van der Waals surface area contributed by atoms with Crippen LogP contribution >= 0.6 is 0 Å². The zero-order valence-corrected chi connectivity index (χ0v) is 12.5. The molecule has 3 rings (SSSR count). The van der Waals surface area contributed by atoms with Crippen molar-refractivity contribution < 1.29 is 9.47 Å². The van der Waals surface area contributed by atoms with Crippen LogP contribution in [0.4, 0.5) is 0 Å². The summed E-state index contributed by atoms with van der Waals surface area (Å²) in [6.45, 7) is 0.833. The van der Waals surface area contributed by atoms with Crippen molar-refractivity contribution >= 4 is 0 Å². The third kappa shape index (κ3) is 2.90. The second-order valence-electron chi connectivity index (χ2n) is 5.98. The van der Waals surface area contributed by atoms with Crippen LogP contribution < -0.4 is 5.32 Å². The fourth-order valence-electron chi connectivity index (χ4n) is 3.43. The van der Waals surface area contributed by atoms with Gasteiger partial charge < -0.3 is 14.8 Å². The number of benzene rings is 1. The molecule has 1 aliphatic carbocycles. The van der Waals surface area contributed by atoms with Gasteiger partial charge >= 0.3 is 0 Å². The molecule has 2 aliphatic rings. The van der Waals surface area contributed by atoms with Crippen LogP contribution in [0.25, 0.3) is 0 Å². The molecule has 0 aromatic heterocycles. The van der Waals surface area contributed by atoms with Crippen molar-refractivity contribution in [2.24, 2.45) is 5.92 Å². The minimum absolute atomic E-state index is 0.203. The van der Waals surface area contributed by atoms with Gasteiger partial charge in [0, 0.05) is 13.2 Å². The smallest absolute Gasteiger partial charge is 0.0843 e. The summed E-state index contributed by atoms with van der Waals surface area (Å²) >= 11 is 0. The molecule has 1 saturated carbocycles. The van der Waals surface area contributed by atoms with Crippen LogP contribution in [0, 0.1) is 5.92 Å². The molecule has 3 heteroatoms. The summed E-state index contributed by atoms with van der Waals surface area (Å²) in [6, 6.07) is 9.05. The van der Waals surface area contributed by atoms with Crippen LogP contribution in [0.5, 0.6) is 0 Å². The van der Waals surface area contributed by atoms with Gasteiger partial charge in [0.1, 0.15) is 0 Å². The monoisotopic (exact) mass is 275 g/mol. The Morgan fingerprint density at radius 1 is 1.35 bits per heavy atom. The Kier molecular flexibility index (Phi) is 4.39. The first-order chi connectivity index (χ1) is 9.83. The van der Waals surface area contributed by atoms with Gasteiger partial charge in [-0.2, -0.15) is 0 Å². The summed E-state index contributed by atoms with van der Waals surface area (Å²) in [4.78, 5) is 0. The normalized spacial score (nSPS) is 25.0. The Balaban J connectivity index is 1.73. The van der Waals surface area contributed by atoms with Gasteiger partial charge in [-0.1, -0.05) is 24.3 Å². The number of ether oxygens (including phenoxy) is 2. The van der Waals surface area contributed by atoms with Crippen molar-refractivity contribution in [3.63, 3.8) is 0 Å². The fourth-order valence-corrected chi connectivity index (χ4v) is 3.43. The number of nitrogens with one attached hydrogen (secondary N) is 1. The Morgan fingerprint density at radius 2 is 2.15 bits per heavy atom. The van der Waals surface area contributed by atoms with Gasteiger partial charge in [0.2, 0.25) is 0 Å². The second kappa shape index (κ2) is 6.25. The van der Waals surface area contributed by atoms with E-state index in [9.17, 15) is 0 Å². The van der Waals surface area contributed by atoms with Crippen molar-refractivity contribution in [2.45, 2.75) is 43.9 Å². The third-order valence-electron chi connectivity index (χ3n) is 4.69. The van der Waals surface area contributed by atoms with Crippen LogP contribution in [0.2, 0.25) is 0 Å². The van der Waals surface area contributed by atoms with Gasteiger partial charge in [0.05, 0.1) is 18.8 Å². The Hall–Kier alpha value is -0.900. The van der Waals surface area contributed by atoms with Crippen molar-refractivity contribution in [3.8, 4) is 0 Å². The lowest BCUT2D eigenvalue weighted by molar-refractivity contribution is -0.00293. The lowest BCUT2D eigenvalue weighted by Crippen LogP contribution is -2.42. The van der Waals surface area contributed by atoms with Gasteiger partial charge in [-0.05, 0) is 49.8 Å². The van der Waals surface area contributed by atoms with E-state index in [1.165, 1.54) is 24.0 Å². The SMILES string of the molecule is CNC(CC1OCCc2ccccc21)C(OC)C1CC1. The molecule has 0 saturated heterocycles. The van der Waals surface area contributed by atoms with E-state index in [1.54, 1.807) is 0 Å². The van der Waals surface area contributed by atoms with E-state index in [1.807, 2.05) is 14.2 Å². The van der Waals surface area contributed by atoms with Crippen molar-refractivity contribution in [2.75, 3.05) is 20.8 Å². The van der Waals surface area contributed by atoms with Gasteiger partial charge in [-0.3, -0.25) is 0 Å². The maximum Gasteiger partial charge on any atom is 0.0843 e. The number of likely N-dealkylation sites (N-methyl/N-ethyl adjacent to an activating group) is 1. The van der Waals surface area contributed by atoms with E-state index >= 15 is 0 Å². The van der Waals surface area contributed by atoms with Crippen molar-refractivity contribution in [3.05, 3.63) is 35.4 Å². The van der Waals surface area contributed by atoms with Crippen LogP contribution in [0.3, 0.4) is 0 Å². The zero-order chi connectivity index (χ0) is 13.9. The molecule has 1 heterocycles. The molecule has 1 aliphatic heterocycles. The Bertz CT molecular complexity index is 444. The molecule has 110 valence electrons. The first-order valence-electron chi connectivity index (χ1n) is 7.73. The quantitative estimate of drug-likeness (QED) is 0.866. The van der Waals surface area contributed by atoms with E-state index in [4.69, 9.17) is 9.47 Å². The van der Waals surface area contributed by atoms with E-state index in [-0.39, 0.29) is 6.10 Å². The van der Waals surface area contributed by atoms with Gasteiger partial charge in [0.15, 0.2) is 0 Å². The maximum absolute atomic E-state index is 6.04.